The van der Waals surface area contributed by atoms with Crippen molar-refractivity contribution in [3.8, 4) is 11.1 Å². The van der Waals surface area contributed by atoms with Crippen LogP contribution in [0.2, 0.25) is 0 Å². The number of halogens is 5. The predicted octanol–water partition coefficient (Wildman–Crippen LogP) is 8.95. The molecule has 0 atom stereocenters. The van der Waals surface area contributed by atoms with Gasteiger partial charge in [0.25, 0.3) is 0 Å². The van der Waals surface area contributed by atoms with E-state index < -0.39 is 23.4 Å². The Morgan fingerprint density at radius 1 is 0.844 bits per heavy atom. The highest BCUT2D eigenvalue weighted by atomic mass is 19.4. The summed E-state index contributed by atoms with van der Waals surface area (Å²) in [5, 5.41) is 1.13. The lowest BCUT2D eigenvalue weighted by Crippen LogP contribution is -2.14. The van der Waals surface area contributed by atoms with Gasteiger partial charge in [-0.05, 0) is 53.3 Å². The van der Waals surface area contributed by atoms with Crippen LogP contribution in [0, 0.1) is 23.5 Å². The van der Waals surface area contributed by atoms with Crippen LogP contribution in [0.4, 0.5) is 22.0 Å². The molecule has 5 heteroatoms. The summed E-state index contributed by atoms with van der Waals surface area (Å²) < 4.78 is 67.6. The zero-order valence-corrected chi connectivity index (χ0v) is 18.1. The first-order valence-electron chi connectivity index (χ1n) is 11.3. The monoisotopic (exact) mass is 446 g/mol. The average Bonchev–Trinajstić information content (AvgIpc) is 2.77. The van der Waals surface area contributed by atoms with Gasteiger partial charge < -0.3 is 0 Å². The Hall–Kier alpha value is -2.43. The van der Waals surface area contributed by atoms with E-state index in [0.29, 0.717) is 11.5 Å². The highest BCUT2D eigenvalue weighted by Crippen LogP contribution is 2.36. The fourth-order valence-electron chi connectivity index (χ4n) is 4.93. The second-order valence-corrected chi connectivity index (χ2v) is 9.01. The van der Waals surface area contributed by atoms with Crippen LogP contribution in [0.25, 0.3) is 21.9 Å². The van der Waals surface area contributed by atoms with Crippen molar-refractivity contribution >= 4 is 10.8 Å². The number of hydrogen-bond acceptors (Lipinski definition) is 0. The Bertz CT molecular complexity index is 1090. The van der Waals surface area contributed by atoms with Crippen LogP contribution in [-0.4, -0.2) is 0 Å². The van der Waals surface area contributed by atoms with Gasteiger partial charge in [-0.15, -0.1) is 0 Å². The highest BCUT2D eigenvalue weighted by molar-refractivity contribution is 5.88. The molecule has 0 amide bonds. The van der Waals surface area contributed by atoms with Gasteiger partial charge in [0.2, 0.25) is 0 Å². The molecule has 0 bridgehead atoms. The minimum Gasteiger partial charge on any atom is -0.206 e. The molecule has 1 fully saturated rings. The van der Waals surface area contributed by atoms with Crippen molar-refractivity contribution in [2.75, 3.05) is 0 Å². The Morgan fingerprint density at radius 2 is 1.56 bits per heavy atom. The first kappa shape index (κ1) is 22.8. The number of rotatable bonds is 5. The fraction of sp³-hybridized carbons (Fsp3) is 0.407. The van der Waals surface area contributed by atoms with E-state index in [4.69, 9.17) is 0 Å². The smallest absolute Gasteiger partial charge is 0.206 e. The molecule has 3 aromatic carbocycles. The fourth-order valence-corrected chi connectivity index (χ4v) is 4.93. The van der Waals surface area contributed by atoms with Gasteiger partial charge in [0, 0.05) is 10.9 Å². The molecular formula is C27H27F5. The molecule has 0 heterocycles. The molecule has 32 heavy (non-hydrogen) atoms. The van der Waals surface area contributed by atoms with Crippen LogP contribution < -0.4 is 0 Å². The maximum Gasteiger partial charge on any atom is 0.419 e. The van der Waals surface area contributed by atoms with Gasteiger partial charge in [-0.3, -0.25) is 0 Å². The molecule has 170 valence electrons. The first-order chi connectivity index (χ1) is 15.3. The van der Waals surface area contributed by atoms with Crippen molar-refractivity contribution < 1.29 is 22.0 Å². The summed E-state index contributed by atoms with van der Waals surface area (Å²) >= 11 is 0. The second-order valence-electron chi connectivity index (χ2n) is 9.01. The van der Waals surface area contributed by atoms with Gasteiger partial charge in [-0.25, -0.2) is 8.78 Å². The molecule has 0 radical (unpaired) electrons. The lowest BCUT2D eigenvalue weighted by molar-refractivity contribution is -0.139. The molecule has 1 aliphatic carbocycles. The lowest BCUT2D eigenvalue weighted by Gasteiger charge is -2.27. The van der Waals surface area contributed by atoms with Crippen molar-refractivity contribution in [1.29, 1.82) is 0 Å². The van der Waals surface area contributed by atoms with E-state index in [1.807, 2.05) is 12.1 Å². The van der Waals surface area contributed by atoms with Crippen molar-refractivity contribution in [3.63, 3.8) is 0 Å². The maximum absolute atomic E-state index is 15.2. The minimum atomic E-state index is -4.78. The van der Waals surface area contributed by atoms with Gasteiger partial charge in [0.05, 0.1) is 5.56 Å². The van der Waals surface area contributed by atoms with Gasteiger partial charge in [0.1, 0.15) is 11.6 Å². The Balaban J connectivity index is 1.52. The minimum absolute atomic E-state index is 0.0849. The molecule has 0 aliphatic heterocycles. The van der Waals surface area contributed by atoms with Crippen molar-refractivity contribution in [2.45, 2.75) is 58.0 Å². The maximum atomic E-state index is 15.2. The summed E-state index contributed by atoms with van der Waals surface area (Å²) in [6.07, 6.45) is 3.77. The van der Waals surface area contributed by atoms with E-state index in [1.165, 1.54) is 38.2 Å². The third kappa shape index (κ3) is 4.82. The van der Waals surface area contributed by atoms with E-state index in [-0.39, 0.29) is 11.1 Å². The van der Waals surface area contributed by atoms with Gasteiger partial charge >= 0.3 is 6.18 Å². The molecule has 0 nitrogen and oxygen atoms in total. The quantitative estimate of drug-likeness (QED) is 0.343. The van der Waals surface area contributed by atoms with E-state index in [0.717, 1.165) is 47.8 Å². The first-order valence-corrected chi connectivity index (χ1v) is 11.3. The van der Waals surface area contributed by atoms with E-state index in [1.54, 1.807) is 12.1 Å². The van der Waals surface area contributed by atoms with E-state index in [2.05, 4.69) is 6.92 Å². The molecular weight excluding hydrogens is 419 g/mol. The topological polar surface area (TPSA) is 0 Å². The van der Waals surface area contributed by atoms with Gasteiger partial charge in [-0.2, -0.15) is 13.2 Å². The molecule has 0 spiro atoms. The number of benzene rings is 3. The Labute approximate surface area is 185 Å². The van der Waals surface area contributed by atoms with Crippen molar-refractivity contribution in [2.24, 2.45) is 11.8 Å². The Kier molecular flexibility index (Phi) is 6.55. The molecule has 4 rings (SSSR count). The SMILES string of the molecule is CCC1CCC(CCc2ccc3c(F)c(-c4ccc(C(F)(F)F)c(F)c4)ccc3c2)CC1. The summed E-state index contributed by atoms with van der Waals surface area (Å²) in [7, 11) is 0. The molecule has 0 N–H and O–H groups in total. The molecule has 0 unspecified atom stereocenters. The van der Waals surface area contributed by atoms with Crippen LogP contribution in [0.3, 0.4) is 0 Å². The van der Waals surface area contributed by atoms with Crippen LogP contribution in [0.15, 0.2) is 48.5 Å². The van der Waals surface area contributed by atoms with Crippen LogP contribution in [0.1, 0.15) is 56.6 Å². The largest absolute Gasteiger partial charge is 0.419 e. The normalized spacial score (nSPS) is 19.4. The number of fused-ring (bicyclic) bond motifs is 1. The summed E-state index contributed by atoms with van der Waals surface area (Å²) in [6, 6.07) is 11.4. The summed E-state index contributed by atoms with van der Waals surface area (Å²) in [4.78, 5) is 0. The van der Waals surface area contributed by atoms with Crippen LogP contribution in [-0.2, 0) is 12.6 Å². The Morgan fingerprint density at radius 3 is 2.22 bits per heavy atom. The van der Waals surface area contributed by atoms with E-state index in [9.17, 15) is 17.6 Å². The molecule has 0 aromatic heterocycles. The second kappa shape index (κ2) is 9.21. The standard InChI is InChI=1S/C27H27F5/c1-2-17-3-5-18(6-4-17)7-8-19-9-12-22-20(15-19)10-13-23(26(22)29)21-11-14-24(25(28)16-21)27(30,31)32/h9-18H,2-8H2,1H3. The van der Waals surface area contributed by atoms with Gasteiger partial charge in [0.15, 0.2) is 0 Å². The number of hydrogen-bond donors (Lipinski definition) is 0. The lowest BCUT2D eigenvalue weighted by atomic mass is 9.78. The number of aryl methyl sites for hydroxylation is 1. The van der Waals surface area contributed by atoms with Gasteiger partial charge in [-0.1, -0.05) is 75.4 Å². The number of alkyl halides is 3. The molecule has 1 saturated carbocycles. The zero-order chi connectivity index (χ0) is 22.9. The van der Waals surface area contributed by atoms with Crippen LogP contribution in [0.5, 0.6) is 0 Å². The van der Waals surface area contributed by atoms with E-state index >= 15 is 4.39 Å². The van der Waals surface area contributed by atoms with Crippen molar-refractivity contribution in [1.82, 2.24) is 0 Å². The zero-order valence-electron chi connectivity index (χ0n) is 18.1. The third-order valence-electron chi connectivity index (χ3n) is 6.99. The summed E-state index contributed by atoms with van der Waals surface area (Å²) in [5.74, 6) is -0.326. The predicted molar refractivity (Wildman–Crippen MR) is 118 cm³/mol. The molecule has 0 saturated heterocycles. The summed E-state index contributed by atoms with van der Waals surface area (Å²) in [5.41, 5.74) is -0.0228. The molecule has 3 aromatic rings. The third-order valence-corrected chi connectivity index (χ3v) is 6.99. The average molecular weight is 447 g/mol. The van der Waals surface area contributed by atoms with Crippen LogP contribution >= 0.6 is 0 Å². The highest BCUT2D eigenvalue weighted by Gasteiger charge is 2.34. The van der Waals surface area contributed by atoms with Crippen molar-refractivity contribution in [3.05, 3.63) is 71.3 Å². The molecule has 1 aliphatic rings. The summed E-state index contributed by atoms with van der Waals surface area (Å²) in [6.45, 7) is 2.26.